The van der Waals surface area contributed by atoms with Crippen LogP contribution in [0.5, 0.6) is 0 Å². The normalized spacial score (nSPS) is 12.2. The molecule has 100 valence electrons. The minimum Gasteiger partial charge on any atom is -0.396 e. The van der Waals surface area contributed by atoms with E-state index < -0.39 is 4.92 Å². The summed E-state index contributed by atoms with van der Waals surface area (Å²) in [5.74, 6) is 0.288. The third-order valence-corrected chi connectivity index (χ3v) is 2.50. The average Bonchev–Trinajstić information content (AvgIpc) is 2.25. The highest BCUT2D eigenvalue weighted by atomic mass is 16.6. The van der Waals surface area contributed by atoms with Crippen molar-refractivity contribution in [3.8, 4) is 0 Å². The maximum absolute atomic E-state index is 10.9. The van der Waals surface area contributed by atoms with Gasteiger partial charge in [-0.25, -0.2) is 4.98 Å². The zero-order valence-corrected chi connectivity index (χ0v) is 10.4. The number of aliphatic hydroxyl groups is 1. The van der Waals surface area contributed by atoms with Gasteiger partial charge in [-0.05, 0) is 19.3 Å². The monoisotopic (exact) mass is 255 g/mol. The van der Waals surface area contributed by atoms with Crippen LogP contribution in [0.2, 0.25) is 0 Å². The van der Waals surface area contributed by atoms with Gasteiger partial charge in [0, 0.05) is 13.2 Å². The Morgan fingerprint density at radius 1 is 1.56 bits per heavy atom. The van der Waals surface area contributed by atoms with Crippen molar-refractivity contribution < 1.29 is 10.0 Å². The number of nitro groups is 1. The van der Waals surface area contributed by atoms with Crippen LogP contribution in [0.3, 0.4) is 0 Å². The molecule has 0 spiro atoms. The summed E-state index contributed by atoms with van der Waals surface area (Å²) in [5, 5.41) is 22.6. The van der Waals surface area contributed by atoms with E-state index in [0.717, 1.165) is 0 Å². The molecule has 0 aliphatic heterocycles. The molecule has 0 aliphatic carbocycles. The van der Waals surface area contributed by atoms with E-state index in [0.29, 0.717) is 13.0 Å². The summed E-state index contributed by atoms with van der Waals surface area (Å²) in [6.45, 7) is 3.98. The van der Waals surface area contributed by atoms with Crippen LogP contribution in [0.25, 0.3) is 0 Å². The summed E-state index contributed by atoms with van der Waals surface area (Å²) in [4.78, 5) is 18.0. The maximum Gasteiger partial charge on any atom is 0.332 e. The zero-order valence-electron chi connectivity index (χ0n) is 10.4. The minimum absolute atomic E-state index is 0.00425. The number of anilines is 2. The van der Waals surface area contributed by atoms with Crippen LogP contribution in [0.15, 0.2) is 0 Å². The predicted octanol–water partition coefficient (Wildman–Crippen LogP) is 0.706. The van der Waals surface area contributed by atoms with Crippen molar-refractivity contribution >= 4 is 17.5 Å². The van der Waals surface area contributed by atoms with E-state index in [-0.39, 0.29) is 35.7 Å². The largest absolute Gasteiger partial charge is 0.396 e. The molecule has 18 heavy (non-hydrogen) atoms. The summed E-state index contributed by atoms with van der Waals surface area (Å²) in [6.07, 6.45) is 0.611. The third-order valence-electron chi connectivity index (χ3n) is 2.50. The molecule has 0 saturated heterocycles. The van der Waals surface area contributed by atoms with E-state index in [1.54, 1.807) is 0 Å². The number of nitrogens with one attached hydrogen (secondary N) is 1. The van der Waals surface area contributed by atoms with Crippen LogP contribution >= 0.6 is 0 Å². The number of rotatable bonds is 6. The van der Waals surface area contributed by atoms with E-state index >= 15 is 0 Å². The first-order valence-corrected chi connectivity index (χ1v) is 5.59. The van der Waals surface area contributed by atoms with Gasteiger partial charge in [0.05, 0.1) is 4.92 Å². The van der Waals surface area contributed by atoms with Crippen molar-refractivity contribution in [2.24, 2.45) is 5.92 Å². The van der Waals surface area contributed by atoms with Crippen LogP contribution < -0.4 is 11.1 Å². The van der Waals surface area contributed by atoms with Gasteiger partial charge in [-0.1, -0.05) is 6.92 Å². The van der Waals surface area contributed by atoms with E-state index in [2.05, 4.69) is 15.3 Å². The lowest BCUT2D eigenvalue weighted by atomic mass is 10.1. The molecule has 0 bridgehead atoms. The molecular weight excluding hydrogens is 238 g/mol. The number of nitrogens with two attached hydrogens (primary N) is 1. The van der Waals surface area contributed by atoms with Crippen LogP contribution in [0.1, 0.15) is 19.0 Å². The molecule has 0 radical (unpaired) electrons. The minimum atomic E-state index is -0.534. The summed E-state index contributed by atoms with van der Waals surface area (Å²) in [7, 11) is 0. The first kappa shape index (κ1) is 14.1. The number of nitrogen functional groups attached to an aromatic ring is 1. The average molecular weight is 255 g/mol. The summed E-state index contributed by atoms with van der Waals surface area (Å²) in [6, 6.07) is 0. The number of aromatic nitrogens is 2. The Morgan fingerprint density at radius 3 is 2.78 bits per heavy atom. The standard InChI is InChI=1S/C10H17N5O3/c1-6(3-4-16)5-12-9-8(15(17)18)7(2)13-10(11)14-9/h6,16H,3-5H2,1-2H3,(H3,11,12,13,14). The Balaban J connectivity index is 2.90. The lowest BCUT2D eigenvalue weighted by Crippen LogP contribution is -2.16. The van der Waals surface area contributed by atoms with Crippen molar-refractivity contribution in [1.82, 2.24) is 9.97 Å². The molecule has 1 rings (SSSR count). The molecule has 1 aromatic heterocycles. The lowest BCUT2D eigenvalue weighted by Gasteiger charge is -2.12. The highest BCUT2D eigenvalue weighted by Crippen LogP contribution is 2.25. The van der Waals surface area contributed by atoms with Gasteiger partial charge in [0.25, 0.3) is 0 Å². The predicted molar refractivity (Wildman–Crippen MR) is 67.2 cm³/mol. The second-order valence-electron chi connectivity index (χ2n) is 4.12. The zero-order chi connectivity index (χ0) is 13.7. The van der Waals surface area contributed by atoms with Crippen molar-refractivity contribution in [2.45, 2.75) is 20.3 Å². The van der Waals surface area contributed by atoms with Gasteiger partial charge in [-0.3, -0.25) is 10.1 Å². The Hall–Kier alpha value is -1.96. The smallest absolute Gasteiger partial charge is 0.332 e. The highest BCUT2D eigenvalue weighted by Gasteiger charge is 2.21. The van der Waals surface area contributed by atoms with Gasteiger partial charge < -0.3 is 16.2 Å². The van der Waals surface area contributed by atoms with E-state index in [1.807, 2.05) is 6.92 Å². The Kier molecular flexibility index (Phi) is 4.78. The molecule has 0 fully saturated rings. The van der Waals surface area contributed by atoms with Crippen molar-refractivity contribution in [3.63, 3.8) is 0 Å². The quantitative estimate of drug-likeness (QED) is 0.504. The third kappa shape index (κ3) is 3.52. The number of nitrogens with zero attached hydrogens (tertiary/aromatic N) is 3. The Bertz CT molecular complexity index is 438. The van der Waals surface area contributed by atoms with Crippen LogP contribution in [-0.4, -0.2) is 33.1 Å². The van der Waals surface area contributed by atoms with Gasteiger partial charge in [0.15, 0.2) is 0 Å². The molecule has 4 N–H and O–H groups in total. The fourth-order valence-corrected chi connectivity index (χ4v) is 1.52. The molecular formula is C10H17N5O3. The van der Waals surface area contributed by atoms with E-state index in [1.165, 1.54) is 6.92 Å². The molecule has 0 aromatic carbocycles. The first-order valence-electron chi connectivity index (χ1n) is 5.59. The Labute approximate surface area is 104 Å². The van der Waals surface area contributed by atoms with Gasteiger partial charge in [-0.15, -0.1) is 0 Å². The van der Waals surface area contributed by atoms with Crippen LogP contribution in [-0.2, 0) is 0 Å². The molecule has 1 heterocycles. The SMILES string of the molecule is Cc1nc(N)nc(NCC(C)CCO)c1[N+](=O)[O-]. The summed E-state index contributed by atoms with van der Waals surface area (Å²) in [5.41, 5.74) is 5.53. The number of hydrogen-bond donors (Lipinski definition) is 3. The molecule has 0 aliphatic rings. The topological polar surface area (TPSA) is 127 Å². The van der Waals surface area contributed by atoms with E-state index in [4.69, 9.17) is 10.8 Å². The molecule has 0 amide bonds. The fraction of sp³-hybridized carbons (Fsp3) is 0.600. The molecule has 1 atom stereocenters. The summed E-state index contributed by atoms with van der Waals surface area (Å²) >= 11 is 0. The van der Waals surface area contributed by atoms with Crippen molar-refractivity contribution in [2.75, 3.05) is 24.2 Å². The fourth-order valence-electron chi connectivity index (χ4n) is 1.52. The molecule has 1 unspecified atom stereocenters. The molecule has 1 aromatic rings. The second-order valence-corrected chi connectivity index (χ2v) is 4.12. The molecule has 8 heteroatoms. The maximum atomic E-state index is 10.9. The highest BCUT2D eigenvalue weighted by molar-refractivity contribution is 5.60. The molecule has 0 saturated carbocycles. The summed E-state index contributed by atoms with van der Waals surface area (Å²) < 4.78 is 0. The Morgan fingerprint density at radius 2 is 2.22 bits per heavy atom. The van der Waals surface area contributed by atoms with Crippen LogP contribution in [0, 0.1) is 23.0 Å². The van der Waals surface area contributed by atoms with E-state index in [9.17, 15) is 10.1 Å². The lowest BCUT2D eigenvalue weighted by molar-refractivity contribution is -0.385. The van der Waals surface area contributed by atoms with Gasteiger partial charge in [0.1, 0.15) is 5.69 Å². The van der Waals surface area contributed by atoms with Gasteiger partial charge in [0.2, 0.25) is 11.8 Å². The second kappa shape index (κ2) is 6.10. The number of aryl methyl sites for hydroxylation is 1. The van der Waals surface area contributed by atoms with Crippen LogP contribution in [0.4, 0.5) is 17.5 Å². The number of hydrogen-bond acceptors (Lipinski definition) is 7. The van der Waals surface area contributed by atoms with Crippen molar-refractivity contribution in [1.29, 1.82) is 0 Å². The molecule has 8 nitrogen and oxygen atoms in total. The van der Waals surface area contributed by atoms with Crippen molar-refractivity contribution in [3.05, 3.63) is 15.8 Å². The first-order chi connectivity index (χ1) is 8.45. The van der Waals surface area contributed by atoms with Gasteiger partial charge >= 0.3 is 5.69 Å². The van der Waals surface area contributed by atoms with Gasteiger partial charge in [-0.2, -0.15) is 4.98 Å². The number of aliphatic hydroxyl groups excluding tert-OH is 1.